The maximum absolute atomic E-state index is 5.70. The Labute approximate surface area is 117 Å². The van der Waals surface area contributed by atoms with Gasteiger partial charge in [0.15, 0.2) is 0 Å². The zero-order chi connectivity index (χ0) is 13.1. The molecule has 3 aliphatic rings. The van der Waals surface area contributed by atoms with Gasteiger partial charge >= 0.3 is 0 Å². The van der Waals surface area contributed by atoms with Gasteiger partial charge in [0.1, 0.15) is 0 Å². The van der Waals surface area contributed by atoms with Crippen LogP contribution in [0, 0.1) is 0 Å². The lowest BCUT2D eigenvalue weighted by molar-refractivity contribution is -0.0233. The molecule has 3 rings (SSSR count). The number of hydrogen-bond acceptors (Lipinski definition) is 4. The molecule has 0 radical (unpaired) electrons. The van der Waals surface area contributed by atoms with Crippen LogP contribution in [0.3, 0.4) is 0 Å². The van der Waals surface area contributed by atoms with Crippen LogP contribution in [0.1, 0.15) is 32.1 Å². The Morgan fingerprint density at radius 1 is 0.947 bits per heavy atom. The van der Waals surface area contributed by atoms with Gasteiger partial charge in [0.2, 0.25) is 0 Å². The maximum atomic E-state index is 5.70. The summed E-state index contributed by atoms with van der Waals surface area (Å²) in [5.41, 5.74) is 0. The quantitative estimate of drug-likeness (QED) is 0.823. The van der Waals surface area contributed by atoms with Crippen molar-refractivity contribution in [2.45, 2.75) is 50.2 Å². The van der Waals surface area contributed by atoms with Gasteiger partial charge in [-0.25, -0.2) is 0 Å². The summed E-state index contributed by atoms with van der Waals surface area (Å²) in [5, 5.41) is 3.48. The molecule has 1 N–H and O–H groups in total. The number of piperazine rings is 1. The highest BCUT2D eigenvalue weighted by Crippen LogP contribution is 2.25. The van der Waals surface area contributed by atoms with Crippen LogP contribution in [0.5, 0.6) is 0 Å². The van der Waals surface area contributed by atoms with Gasteiger partial charge in [0.25, 0.3) is 0 Å². The fraction of sp³-hybridized carbons (Fsp3) is 1.00. The van der Waals surface area contributed by atoms with E-state index in [0.717, 1.165) is 25.7 Å². The summed E-state index contributed by atoms with van der Waals surface area (Å²) in [7, 11) is 2.10. The fourth-order valence-electron chi connectivity index (χ4n) is 4.12. The lowest BCUT2D eigenvalue weighted by Crippen LogP contribution is -2.60. The molecule has 3 fully saturated rings. The lowest BCUT2D eigenvalue weighted by atomic mass is 10.0. The van der Waals surface area contributed by atoms with E-state index >= 15 is 0 Å². The van der Waals surface area contributed by atoms with E-state index in [1.165, 1.54) is 51.9 Å². The van der Waals surface area contributed by atoms with E-state index in [2.05, 4.69) is 22.2 Å². The second kappa shape index (κ2) is 6.53. The first-order valence-corrected chi connectivity index (χ1v) is 8.11. The molecule has 2 aliphatic heterocycles. The SMILES string of the molecule is CNC1CCOCC1N1CCN(C2CCCC2)CC1. The zero-order valence-electron chi connectivity index (χ0n) is 12.3. The van der Waals surface area contributed by atoms with Gasteiger partial charge in [0.05, 0.1) is 6.61 Å². The normalized spacial score (nSPS) is 35.8. The summed E-state index contributed by atoms with van der Waals surface area (Å²) in [6.07, 6.45) is 6.92. The molecule has 2 unspecified atom stereocenters. The van der Waals surface area contributed by atoms with Crippen molar-refractivity contribution in [2.24, 2.45) is 0 Å². The summed E-state index contributed by atoms with van der Waals surface area (Å²) in [5.74, 6) is 0. The van der Waals surface area contributed by atoms with Crippen LogP contribution in [0.4, 0.5) is 0 Å². The standard InChI is InChI=1S/C15H29N3O/c1-16-14-6-11-19-12-15(14)18-9-7-17(8-10-18)13-4-2-3-5-13/h13-16H,2-12H2,1H3. The Hall–Kier alpha value is -0.160. The van der Waals surface area contributed by atoms with Crippen LogP contribution in [-0.4, -0.2) is 74.4 Å². The molecule has 0 bridgehead atoms. The molecule has 2 atom stereocenters. The molecule has 2 heterocycles. The largest absolute Gasteiger partial charge is 0.380 e. The molecule has 2 saturated heterocycles. The summed E-state index contributed by atoms with van der Waals surface area (Å²) in [4.78, 5) is 5.40. The Morgan fingerprint density at radius 3 is 2.32 bits per heavy atom. The summed E-state index contributed by atoms with van der Waals surface area (Å²) >= 11 is 0. The minimum absolute atomic E-state index is 0.587. The Balaban J connectivity index is 1.51. The van der Waals surface area contributed by atoms with Crippen LogP contribution < -0.4 is 5.32 Å². The molecule has 19 heavy (non-hydrogen) atoms. The molecule has 1 aliphatic carbocycles. The number of nitrogens with zero attached hydrogens (tertiary/aromatic N) is 2. The van der Waals surface area contributed by atoms with Gasteiger partial charge in [-0.2, -0.15) is 0 Å². The molecule has 0 amide bonds. The van der Waals surface area contributed by atoms with Gasteiger partial charge in [-0.15, -0.1) is 0 Å². The molecule has 0 aromatic rings. The molecule has 0 spiro atoms. The monoisotopic (exact) mass is 267 g/mol. The number of likely N-dealkylation sites (N-methyl/N-ethyl adjacent to an activating group) is 1. The predicted molar refractivity (Wildman–Crippen MR) is 77.5 cm³/mol. The van der Waals surface area contributed by atoms with Crippen molar-refractivity contribution >= 4 is 0 Å². The van der Waals surface area contributed by atoms with Crippen molar-refractivity contribution in [3.05, 3.63) is 0 Å². The second-order valence-corrected chi connectivity index (χ2v) is 6.34. The van der Waals surface area contributed by atoms with E-state index in [4.69, 9.17) is 4.74 Å². The zero-order valence-corrected chi connectivity index (χ0v) is 12.3. The average Bonchev–Trinajstić information content (AvgIpc) is 3.02. The van der Waals surface area contributed by atoms with Crippen molar-refractivity contribution in [3.63, 3.8) is 0 Å². The smallest absolute Gasteiger partial charge is 0.0637 e. The Bertz CT molecular complexity index is 273. The average molecular weight is 267 g/mol. The highest BCUT2D eigenvalue weighted by atomic mass is 16.5. The van der Waals surface area contributed by atoms with Crippen LogP contribution >= 0.6 is 0 Å². The Morgan fingerprint density at radius 2 is 1.63 bits per heavy atom. The van der Waals surface area contributed by atoms with E-state index in [1.54, 1.807) is 0 Å². The van der Waals surface area contributed by atoms with Gasteiger partial charge in [0, 0.05) is 50.9 Å². The lowest BCUT2D eigenvalue weighted by Gasteiger charge is -2.45. The third kappa shape index (κ3) is 3.13. The third-order valence-corrected chi connectivity index (χ3v) is 5.36. The highest BCUT2D eigenvalue weighted by Gasteiger charge is 2.33. The predicted octanol–water partition coefficient (Wildman–Crippen LogP) is 0.924. The van der Waals surface area contributed by atoms with Gasteiger partial charge in [-0.05, 0) is 26.3 Å². The molecule has 110 valence electrons. The first-order chi connectivity index (χ1) is 9.38. The minimum atomic E-state index is 0.587. The minimum Gasteiger partial charge on any atom is -0.380 e. The highest BCUT2D eigenvalue weighted by molar-refractivity contribution is 4.90. The first kappa shape index (κ1) is 13.8. The molecular weight excluding hydrogens is 238 g/mol. The van der Waals surface area contributed by atoms with Crippen molar-refractivity contribution < 1.29 is 4.74 Å². The molecule has 4 nitrogen and oxygen atoms in total. The number of nitrogens with one attached hydrogen (secondary N) is 1. The van der Waals surface area contributed by atoms with Crippen LogP contribution in [0.2, 0.25) is 0 Å². The Kier molecular flexibility index (Phi) is 4.74. The van der Waals surface area contributed by atoms with Gasteiger partial charge < -0.3 is 10.1 Å². The van der Waals surface area contributed by atoms with Crippen molar-refractivity contribution in [2.75, 3.05) is 46.4 Å². The number of hydrogen-bond donors (Lipinski definition) is 1. The molecule has 4 heteroatoms. The van der Waals surface area contributed by atoms with E-state index in [-0.39, 0.29) is 0 Å². The molecular formula is C15H29N3O. The van der Waals surface area contributed by atoms with Crippen LogP contribution in [0.15, 0.2) is 0 Å². The van der Waals surface area contributed by atoms with Crippen LogP contribution in [0.25, 0.3) is 0 Å². The van der Waals surface area contributed by atoms with Crippen LogP contribution in [-0.2, 0) is 4.74 Å². The molecule has 0 aromatic heterocycles. The maximum Gasteiger partial charge on any atom is 0.0637 e. The van der Waals surface area contributed by atoms with E-state index < -0.39 is 0 Å². The topological polar surface area (TPSA) is 27.7 Å². The van der Waals surface area contributed by atoms with Crippen molar-refractivity contribution in [1.82, 2.24) is 15.1 Å². The second-order valence-electron chi connectivity index (χ2n) is 6.34. The van der Waals surface area contributed by atoms with Crippen molar-refractivity contribution in [1.29, 1.82) is 0 Å². The van der Waals surface area contributed by atoms with E-state index in [9.17, 15) is 0 Å². The summed E-state index contributed by atoms with van der Waals surface area (Å²) in [6.45, 7) is 6.81. The molecule has 0 aromatic carbocycles. The fourth-order valence-corrected chi connectivity index (χ4v) is 4.12. The van der Waals surface area contributed by atoms with E-state index in [1.807, 2.05) is 0 Å². The number of rotatable bonds is 3. The van der Waals surface area contributed by atoms with E-state index in [0.29, 0.717) is 12.1 Å². The number of ether oxygens (including phenoxy) is 1. The summed E-state index contributed by atoms with van der Waals surface area (Å²) in [6, 6.07) is 2.10. The van der Waals surface area contributed by atoms with Gasteiger partial charge in [-0.3, -0.25) is 9.80 Å². The summed E-state index contributed by atoms with van der Waals surface area (Å²) < 4.78 is 5.70. The first-order valence-electron chi connectivity index (χ1n) is 8.11. The van der Waals surface area contributed by atoms with Crippen molar-refractivity contribution in [3.8, 4) is 0 Å². The molecule has 1 saturated carbocycles. The van der Waals surface area contributed by atoms with Gasteiger partial charge in [-0.1, -0.05) is 12.8 Å². The third-order valence-electron chi connectivity index (χ3n) is 5.36.